The summed E-state index contributed by atoms with van der Waals surface area (Å²) in [5.41, 5.74) is 6.28. The average molecular weight is 516 g/mol. The molecule has 0 spiro atoms. The third-order valence-electron chi connectivity index (χ3n) is 6.64. The third kappa shape index (κ3) is 4.44. The van der Waals surface area contributed by atoms with Gasteiger partial charge in [0.25, 0.3) is 11.8 Å². The van der Waals surface area contributed by atoms with E-state index < -0.39 is 18.0 Å². The summed E-state index contributed by atoms with van der Waals surface area (Å²) in [4.78, 5) is 41.1. The Morgan fingerprint density at radius 1 is 1.00 bits per heavy atom. The van der Waals surface area contributed by atoms with Crippen molar-refractivity contribution in [2.75, 3.05) is 5.32 Å². The number of benzene rings is 2. The summed E-state index contributed by atoms with van der Waals surface area (Å²) in [6.45, 7) is 3.93. The number of hydrogen-bond donors (Lipinski definition) is 2. The maximum absolute atomic E-state index is 13.9. The number of aromatic nitrogens is 4. The van der Waals surface area contributed by atoms with Crippen molar-refractivity contribution in [3.8, 4) is 11.3 Å². The molecule has 0 radical (unpaired) electrons. The molecule has 9 nitrogen and oxygen atoms in total. The number of aryl methyl sites for hydroxylation is 2. The first-order valence-corrected chi connectivity index (χ1v) is 12.7. The van der Waals surface area contributed by atoms with Crippen LogP contribution >= 0.6 is 0 Å². The van der Waals surface area contributed by atoms with Crippen LogP contribution in [0.15, 0.2) is 90.2 Å². The van der Waals surface area contributed by atoms with Crippen molar-refractivity contribution in [1.29, 1.82) is 0 Å². The summed E-state index contributed by atoms with van der Waals surface area (Å²) in [5, 5.41) is 10.4. The number of hydrogen-bond acceptors (Lipinski definition) is 6. The van der Waals surface area contributed by atoms with Gasteiger partial charge in [-0.2, -0.15) is 5.10 Å². The number of carbonyl (C=O) groups excluding carboxylic acids is 2. The zero-order valence-electron chi connectivity index (χ0n) is 21.4. The number of para-hydroxylation sites is 1. The van der Waals surface area contributed by atoms with E-state index in [1.165, 1.54) is 0 Å². The molecular formula is C30H25N7O2. The molecule has 4 heterocycles. The molecule has 0 unspecified atom stereocenters. The molecule has 2 N–H and O–H groups in total. The Morgan fingerprint density at radius 2 is 1.79 bits per heavy atom. The van der Waals surface area contributed by atoms with Gasteiger partial charge in [-0.15, -0.1) is 0 Å². The van der Waals surface area contributed by atoms with Crippen molar-refractivity contribution in [2.45, 2.75) is 26.4 Å². The second-order valence-electron chi connectivity index (χ2n) is 9.16. The van der Waals surface area contributed by atoms with Crippen LogP contribution in [0.25, 0.3) is 16.9 Å². The minimum Gasteiger partial charge on any atom is -0.322 e. The molecule has 6 rings (SSSR count). The molecule has 1 aliphatic heterocycles. The number of nitrogens with one attached hydrogen (secondary N) is 2. The Morgan fingerprint density at radius 3 is 2.59 bits per heavy atom. The fraction of sp³-hybridized carbons (Fsp3) is 0.133. The maximum Gasteiger partial charge on any atom is 0.269 e. The summed E-state index contributed by atoms with van der Waals surface area (Å²) < 4.78 is 1.55. The molecule has 5 aromatic rings. The standard InChI is InChI=1S/C30H25N7O2/c1-3-20-14-15-21(18(2)32-20)26-24(28-31-16-9-17-37(28)36-26)29(38)35-27-30(39)33-23-13-8-7-12-22(23)25(34-27)19-10-5-4-6-11-19/h4-17,27H,3H2,1-2H3,(H,33,39)(H,35,38)/t27-/m1/s1. The topological polar surface area (TPSA) is 114 Å². The largest absolute Gasteiger partial charge is 0.322 e. The second kappa shape index (κ2) is 9.94. The number of fused-ring (bicyclic) bond motifs is 2. The molecule has 2 aromatic carbocycles. The molecule has 1 aliphatic rings. The Kier molecular flexibility index (Phi) is 6.16. The van der Waals surface area contributed by atoms with Crippen molar-refractivity contribution in [3.63, 3.8) is 0 Å². The first-order valence-electron chi connectivity index (χ1n) is 12.7. The Hall–Kier alpha value is -5.18. The molecule has 1 atom stereocenters. The van der Waals surface area contributed by atoms with Gasteiger partial charge in [-0.1, -0.05) is 55.5 Å². The molecule has 3 aromatic heterocycles. The maximum atomic E-state index is 13.9. The first-order chi connectivity index (χ1) is 19.0. The van der Waals surface area contributed by atoms with Crippen molar-refractivity contribution in [2.24, 2.45) is 4.99 Å². The van der Waals surface area contributed by atoms with Gasteiger partial charge in [0.1, 0.15) is 11.3 Å². The first kappa shape index (κ1) is 24.2. The normalized spacial score (nSPS) is 14.8. The van der Waals surface area contributed by atoms with Crippen molar-refractivity contribution >= 4 is 28.9 Å². The molecule has 9 heteroatoms. The van der Waals surface area contributed by atoms with E-state index in [0.717, 1.165) is 28.9 Å². The number of anilines is 1. The number of pyridine rings is 1. The van der Waals surface area contributed by atoms with E-state index in [9.17, 15) is 9.59 Å². The van der Waals surface area contributed by atoms with E-state index >= 15 is 0 Å². The van der Waals surface area contributed by atoms with Gasteiger partial charge in [0, 0.05) is 40.5 Å². The van der Waals surface area contributed by atoms with E-state index in [-0.39, 0.29) is 5.56 Å². The lowest BCUT2D eigenvalue weighted by Gasteiger charge is -2.14. The van der Waals surface area contributed by atoms with Crippen LogP contribution < -0.4 is 10.6 Å². The smallest absolute Gasteiger partial charge is 0.269 e. The highest BCUT2D eigenvalue weighted by atomic mass is 16.2. The van der Waals surface area contributed by atoms with Gasteiger partial charge in [0.05, 0.1) is 11.4 Å². The number of carbonyl (C=O) groups is 2. The third-order valence-corrected chi connectivity index (χ3v) is 6.64. The van der Waals surface area contributed by atoms with E-state index in [2.05, 4.69) is 25.7 Å². The van der Waals surface area contributed by atoms with E-state index in [1.54, 1.807) is 23.0 Å². The summed E-state index contributed by atoms with van der Waals surface area (Å²) in [6.07, 6.45) is 2.94. The Labute approximate surface area is 224 Å². The quantitative estimate of drug-likeness (QED) is 0.364. The molecule has 192 valence electrons. The predicted molar refractivity (Wildman–Crippen MR) is 149 cm³/mol. The summed E-state index contributed by atoms with van der Waals surface area (Å²) >= 11 is 0. The van der Waals surface area contributed by atoms with Crippen LogP contribution in [0.2, 0.25) is 0 Å². The van der Waals surface area contributed by atoms with Crippen LogP contribution in [0.5, 0.6) is 0 Å². The predicted octanol–water partition coefficient (Wildman–Crippen LogP) is 4.21. The van der Waals surface area contributed by atoms with Crippen molar-refractivity contribution in [3.05, 3.63) is 113 Å². The van der Waals surface area contributed by atoms with E-state index in [1.807, 2.05) is 80.6 Å². The van der Waals surface area contributed by atoms with Crippen LogP contribution in [-0.2, 0) is 11.2 Å². The highest BCUT2D eigenvalue weighted by Crippen LogP contribution is 2.29. The minimum atomic E-state index is -1.19. The number of amides is 2. The number of aliphatic imine (C=N–C) groups is 1. The van der Waals surface area contributed by atoms with Crippen LogP contribution in [0.4, 0.5) is 5.69 Å². The van der Waals surface area contributed by atoms with Crippen molar-refractivity contribution < 1.29 is 9.59 Å². The van der Waals surface area contributed by atoms with Crippen LogP contribution in [0, 0.1) is 6.92 Å². The fourth-order valence-electron chi connectivity index (χ4n) is 4.72. The number of benzodiazepines with no additional fused rings is 1. The Bertz CT molecular complexity index is 1760. The van der Waals surface area contributed by atoms with E-state index in [4.69, 9.17) is 4.99 Å². The number of rotatable bonds is 5. The van der Waals surface area contributed by atoms with Gasteiger partial charge in [0.2, 0.25) is 6.17 Å². The van der Waals surface area contributed by atoms with E-state index in [0.29, 0.717) is 28.3 Å². The highest BCUT2D eigenvalue weighted by Gasteiger charge is 2.30. The number of nitrogens with zero attached hydrogens (tertiary/aromatic N) is 5. The summed E-state index contributed by atoms with van der Waals surface area (Å²) in [5.74, 6) is -0.960. The second-order valence-corrected chi connectivity index (χ2v) is 9.16. The van der Waals surface area contributed by atoms with Gasteiger partial charge in [0.15, 0.2) is 5.65 Å². The average Bonchev–Trinajstić information content (AvgIpc) is 3.28. The molecule has 2 amide bonds. The van der Waals surface area contributed by atoms with Crippen LogP contribution in [-0.4, -0.2) is 43.3 Å². The molecular weight excluding hydrogens is 490 g/mol. The SMILES string of the molecule is CCc1ccc(-c2nn3cccnc3c2C(=O)N[C@H]2N=C(c3ccccc3)c3ccccc3NC2=O)c(C)n1. The van der Waals surface area contributed by atoms with Crippen LogP contribution in [0.1, 0.15) is 39.8 Å². The van der Waals surface area contributed by atoms with Gasteiger partial charge >= 0.3 is 0 Å². The zero-order chi connectivity index (χ0) is 26.9. The molecule has 0 fully saturated rings. The lowest BCUT2D eigenvalue weighted by molar-refractivity contribution is -0.117. The zero-order valence-corrected chi connectivity index (χ0v) is 21.4. The molecule has 0 saturated carbocycles. The molecule has 0 saturated heterocycles. The Balaban J connectivity index is 1.44. The van der Waals surface area contributed by atoms with Gasteiger partial charge in [-0.05, 0) is 37.6 Å². The molecule has 39 heavy (non-hydrogen) atoms. The summed E-state index contributed by atoms with van der Waals surface area (Å²) in [6, 6.07) is 22.6. The summed E-state index contributed by atoms with van der Waals surface area (Å²) in [7, 11) is 0. The van der Waals surface area contributed by atoms with Gasteiger partial charge in [-0.25, -0.2) is 14.5 Å². The minimum absolute atomic E-state index is 0.246. The van der Waals surface area contributed by atoms with Gasteiger partial charge < -0.3 is 10.6 Å². The molecule has 0 aliphatic carbocycles. The fourth-order valence-corrected chi connectivity index (χ4v) is 4.72. The lowest BCUT2D eigenvalue weighted by Crippen LogP contribution is -2.42. The van der Waals surface area contributed by atoms with Gasteiger partial charge in [-0.3, -0.25) is 14.6 Å². The monoisotopic (exact) mass is 515 g/mol. The molecule has 0 bridgehead atoms. The highest BCUT2D eigenvalue weighted by molar-refractivity contribution is 6.20. The van der Waals surface area contributed by atoms with Crippen molar-refractivity contribution in [1.82, 2.24) is 24.9 Å². The van der Waals surface area contributed by atoms with Crippen LogP contribution in [0.3, 0.4) is 0 Å². The lowest BCUT2D eigenvalue weighted by atomic mass is 10.0.